The third kappa shape index (κ3) is 2.36. The van der Waals surface area contributed by atoms with E-state index in [4.69, 9.17) is 4.74 Å². The molecule has 2 heterocycles. The lowest BCUT2D eigenvalue weighted by atomic mass is 10.1. The van der Waals surface area contributed by atoms with E-state index >= 15 is 0 Å². The van der Waals surface area contributed by atoms with E-state index in [1.165, 1.54) is 16.1 Å². The van der Waals surface area contributed by atoms with Crippen molar-refractivity contribution in [2.75, 3.05) is 18.7 Å². The van der Waals surface area contributed by atoms with Crippen LogP contribution in [0.1, 0.15) is 24.1 Å². The van der Waals surface area contributed by atoms with Gasteiger partial charge in [0.15, 0.2) is 0 Å². The van der Waals surface area contributed by atoms with E-state index in [2.05, 4.69) is 56.3 Å². The van der Waals surface area contributed by atoms with Crippen molar-refractivity contribution in [3.63, 3.8) is 0 Å². The van der Waals surface area contributed by atoms with Crippen molar-refractivity contribution >= 4 is 38.5 Å². The zero-order chi connectivity index (χ0) is 14.1. The van der Waals surface area contributed by atoms with Crippen LogP contribution in [0.3, 0.4) is 0 Å². The number of nitrogens with zero attached hydrogens (tertiary/aromatic N) is 2. The molecule has 0 N–H and O–H groups in total. The molecule has 0 radical (unpaired) electrons. The van der Waals surface area contributed by atoms with Gasteiger partial charge in [0.2, 0.25) is 0 Å². The summed E-state index contributed by atoms with van der Waals surface area (Å²) in [5, 5.41) is 3.40. The summed E-state index contributed by atoms with van der Waals surface area (Å²) in [5.41, 5.74) is 2.43. The SMILES string of the molecule is COc1cc(C(C)N2CN=Cc3ccsc32)ccc1Br. The Morgan fingerprint density at radius 3 is 3.05 bits per heavy atom. The second kappa shape index (κ2) is 5.58. The van der Waals surface area contributed by atoms with E-state index in [0.717, 1.165) is 10.2 Å². The fraction of sp³-hybridized carbons (Fsp3) is 0.267. The van der Waals surface area contributed by atoms with E-state index in [9.17, 15) is 0 Å². The minimum absolute atomic E-state index is 0.256. The molecule has 1 aromatic heterocycles. The zero-order valence-corrected chi connectivity index (χ0v) is 13.7. The first-order chi connectivity index (χ1) is 9.70. The minimum atomic E-state index is 0.256. The summed E-state index contributed by atoms with van der Waals surface area (Å²) in [6.45, 7) is 2.90. The molecule has 20 heavy (non-hydrogen) atoms. The topological polar surface area (TPSA) is 24.8 Å². The maximum Gasteiger partial charge on any atom is 0.133 e. The summed E-state index contributed by atoms with van der Waals surface area (Å²) in [6, 6.07) is 8.62. The summed E-state index contributed by atoms with van der Waals surface area (Å²) in [6.07, 6.45) is 1.96. The molecule has 0 fully saturated rings. The number of anilines is 1. The van der Waals surface area contributed by atoms with Gasteiger partial charge < -0.3 is 9.64 Å². The monoisotopic (exact) mass is 350 g/mol. The van der Waals surface area contributed by atoms with Crippen LogP contribution in [0.5, 0.6) is 5.75 Å². The lowest BCUT2D eigenvalue weighted by Crippen LogP contribution is -2.29. The molecule has 3 nitrogen and oxygen atoms in total. The molecule has 2 aromatic rings. The molecule has 0 saturated carbocycles. The van der Waals surface area contributed by atoms with Crippen LogP contribution in [0, 0.1) is 0 Å². The summed E-state index contributed by atoms with van der Waals surface area (Å²) < 4.78 is 6.36. The van der Waals surface area contributed by atoms with Gasteiger partial charge in [0.25, 0.3) is 0 Å². The van der Waals surface area contributed by atoms with Gasteiger partial charge in [0.05, 0.1) is 17.6 Å². The Kier molecular flexibility index (Phi) is 3.81. The van der Waals surface area contributed by atoms with Crippen LogP contribution < -0.4 is 9.64 Å². The van der Waals surface area contributed by atoms with Crippen molar-refractivity contribution in [1.29, 1.82) is 0 Å². The van der Waals surface area contributed by atoms with Crippen LogP contribution in [0.25, 0.3) is 0 Å². The van der Waals surface area contributed by atoms with E-state index in [0.29, 0.717) is 6.67 Å². The second-order valence-corrected chi connectivity index (χ2v) is 6.42. The average Bonchev–Trinajstić information content (AvgIpc) is 2.95. The van der Waals surface area contributed by atoms with Crippen molar-refractivity contribution in [2.45, 2.75) is 13.0 Å². The van der Waals surface area contributed by atoms with E-state index in [1.807, 2.05) is 12.3 Å². The highest BCUT2D eigenvalue weighted by Crippen LogP contribution is 2.37. The molecule has 1 aromatic carbocycles. The maximum absolute atomic E-state index is 5.39. The summed E-state index contributed by atoms with van der Waals surface area (Å²) >= 11 is 5.26. The number of aliphatic imine (C=N–C) groups is 1. The van der Waals surface area contributed by atoms with Crippen LogP contribution in [0.15, 0.2) is 39.1 Å². The fourth-order valence-electron chi connectivity index (χ4n) is 2.35. The molecule has 1 atom stereocenters. The highest BCUT2D eigenvalue weighted by molar-refractivity contribution is 9.10. The molecule has 3 rings (SSSR count). The first-order valence-corrected chi connectivity index (χ1v) is 8.05. The van der Waals surface area contributed by atoms with Gasteiger partial charge in [0, 0.05) is 11.8 Å². The number of halogens is 1. The van der Waals surface area contributed by atoms with Gasteiger partial charge >= 0.3 is 0 Å². The van der Waals surface area contributed by atoms with E-state index in [-0.39, 0.29) is 6.04 Å². The summed E-state index contributed by atoms with van der Waals surface area (Å²) in [4.78, 5) is 6.77. The number of methoxy groups -OCH3 is 1. The Bertz CT molecular complexity index is 653. The van der Waals surface area contributed by atoms with Crippen molar-refractivity contribution in [2.24, 2.45) is 4.99 Å². The van der Waals surface area contributed by atoms with Crippen LogP contribution in [0.4, 0.5) is 5.00 Å². The predicted molar refractivity (Wildman–Crippen MR) is 88.4 cm³/mol. The standard InChI is InChI=1S/C15H15BrN2OS/c1-10(11-3-4-13(16)14(7-11)19-2)18-9-17-8-12-5-6-20-15(12)18/h3-8,10H,9H2,1-2H3. The Balaban J connectivity index is 1.94. The Labute approximate surface area is 131 Å². The van der Waals surface area contributed by atoms with Crippen molar-refractivity contribution < 1.29 is 4.74 Å². The normalized spacial score (nSPS) is 15.1. The van der Waals surface area contributed by atoms with Crippen LogP contribution in [-0.4, -0.2) is 20.0 Å². The van der Waals surface area contributed by atoms with Crippen LogP contribution >= 0.6 is 27.3 Å². The largest absolute Gasteiger partial charge is 0.496 e. The quantitative estimate of drug-likeness (QED) is 0.815. The molecule has 0 amide bonds. The van der Waals surface area contributed by atoms with E-state index < -0.39 is 0 Å². The number of hydrogen-bond acceptors (Lipinski definition) is 4. The molecule has 104 valence electrons. The van der Waals surface area contributed by atoms with Gasteiger partial charge in [-0.2, -0.15) is 0 Å². The highest BCUT2D eigenvalue weighted by Gasteiger charge is 2.22. The number of thiophene rings is 1. The van der Waals surface area contributed by atoms with Gasteiger partial charge in [-0.1, -0.05) is 6.07 Å². The first-order valence-electron chi connectivity index (χ1n) is 6.38. The molecule has 1 unspecified atom stereocenters. The van der Waals surface area contributed by atoms with Crippen molar-refractivity contribution in [1.82, 2.24) is 0 Å². The molecule has 0 saturated heterocycles. The average molecular weight is 351 g/mol. The van der Waals surface area contributed by atoms with Crippen LogP contribution in [-0.2, 0) is 0 Å². The lowest BCUT2D eigenvalue weighted by molar-refractivity contribution is 0.411. The Morgan fingerprint density at radius 2 is 2.25 bits per heavy atom. The number of hydrogen-bond donors (Lipinski definition) is 0. The van der Waals surface area contributed by atoms with Gasteiger partial charge in [0.1, 0.15) is 17.4 Å². The predicted octanol–water partition coefficient (Wildman–Crippen LogP) is 4.48. The third-order valence-corrected chi connectivity index (χ3v) is 5.15. The first kappa shape index (κ1) is 13.6. The highest BCUT2D eigenvalue weighted by atomic mass is 79.9. The summed E-state index contributed by atoms with van der Waals surface area (Å²) in [7, 11) is 1.69. The van der Waals surface area contributed by atoms with Crippen LogP contribution in [0.2, 0.25) is 0 Å². The molecule has 0 bridgehead atoms. The maximum atomic E-state index is 5.39. The molecule has 1 aliphatic rings. The number of rotatable bonds is 3. The smallest absolute Gasteiger partial charge is 0.133 e. The number of benzene rings is 1. The minimum Gasteiger partial charge on any atom is -0.496 e. The Hall–Kier alpha value is -1.33. The molecular formula is C15H15BrN2OS. The van der Waals surface area contributed by atoms with Gasteiger partial charge in [-0.15, -0.1) is 11.3 Å². The molecule has 0 aliphatic carbocycles. The molecule has 5 heteroatoms. The number of ether oxygens (including phenoxy) is 1. The second-order valence-electron chi connectivity index (χ2n) is 4.67. The molecule has 0 spiro atoms. The number of fused-ring (bicyclic) bond motifs is 1. The Morgan fingerprint density at radius 1 is 1.40 bits per heavy atom. The van der Waals surface area contributed by atoms with Crippen molar-refractivity contribution in [3.8, 4) is 5.75 Å². The van der Waals surface area contributed by atoms with Gasteiger partial charge in [-0.3, -0.25) is 4.99 Å². The zero-order valence-electron chi connectivity index (χ0n) is 11.3. The van der Waals surface area contributed by atoms with Gasteiger partial charge in [-0.25, -0.2) is 0 Å². The summed E-state index contributed by atoms with van der Waals surface area (Å²) in [5.74, 6) is 0.862. The van der Waals surface area contributed by atoms with Gasteiger partial charge in [-0.05, 0) is 52.0 Å². The molecular weight excluding hydrogens is 336 g/mol. The third-order valence-electron chi connectivity index (χ3n) is 3.52. The van der Waals surface area contributed by atoms with E-state index in [1.54, 1.807) is 18.4 Å². The fourth-order valence-corrected chi connectivity index (χ4v) is 3.71. The van der Waals surface area contributed by atoms with Crippen molar-refractivity contribution in [3.05, 3.63) is 45.2 Å². The lowest BCUT2D eigenvalue weighted by Gasteiger charge is -2.31. The molecule has 1 aliphatic heterocycles.